The Bertz CT molecular complexity index is 631. The molecule has 0 atom stereocenters. The monoisotopic (exact) mass is 400 g/mol. The average molecular weight is 402 g/mol. The maximum absolute atomic E-state index is 4.42. The molecule has 18 heavy (non-hydrogen) atoms. The van der Waals surface area contributed by atoms with Crippen molar-refractivity contribution in [3.8, 4) is 21.0 Å². The zero-order chi connectivity index (χ0) is 12.5. The van der Waals surface area contributed by atoms with E-state index in [1.54, 1.807) is 29.0 Å². The van der Waals surface area contributed by atoms with Crippen molar-refractivity contribution < 1.29 is 0 Å². The molecule has 0 fully saturated rings. The van der Waals surface area contributed by atoms with Crippen LogP contribution in [0.5, 0.6) is 0 Å². The van der Waals surface area contributed by atoms with E-state index in [-0.39, 0.29) is 0 Å². The fraction of sp³-hybridized carbons (Fsp3) is 0. The summed E-state index contributed by atoms with van der Waals surface area (Å²) >= 11 is 10.3. The molecule has 0 saturated carbocycles. The Morgan fingerprint density at radius 3 is 2.17 bits per heavy atom. The van der Waals surface area contributed by atoms with Crippen LogP contribution in [-0.4, -0.2) is 9.97 Å². The van der Waals surface area contributed by atoms with Crippen molar-refractivity contribution in [1.29, 1.82) is 0 Å². The Morgan fingerprint density at radius 1 is 0.889 bits per heavy atom. The van der Waals surface area contributed by atoms with E-state index in [1.807, 2.05) is 18.3 Å². The molecular formula is C12H6Br2N2S2. The van der Waals surface area contributed by atoms with Gasteiger partial charge in [-0.15, -0.1) is 22.7 Å². The second-order valence-corrected chi connectivity index (χ2v) is 8.42. The summed E-state index contributed by atoms with van der Waals surface area (Å²) in [5.74, 6) is 0. The summed E-state index contributed by atoms with van der Waals surface area (Å²) in [6, 6.07) is 8.24. The Labute approximate surface area is 129 Å². The van der Waals surface area contributed by atoms with Gasteiger partial charge < -0.3 is 0 Å². The van der Waals surface area contributed by atoms with Crippen LogP contribution in [0.1, 0.15) is 0 Å². The average Bonchev–Trinajstić information content (AvgIpc) is 2.98. The van der Waals surface area contributed by atoms with E-state index >= 15 is 0 Å². The maximum atomic E-state index is 4.42. The molecule has 3 rings (SSSR count). The lowest BCUT2D eigenvalue weighted by Crippen LogP contribution is -1.86. The first kappa shape index (κ1) is 12.5. The largest absolute Gasteiger partial charge is 0.244 e. The molecule has 3 heterocycles. The minimum Gasteiger partial charge on any atom is -0.244 e. The number of halogens is 2. The summed E-state index contributed by atoms with van der Waals surface area (Å²) in [5.41, 5.74) is 2.05. The van der Waals surface area contributed by atoms with Crippen molar-refractivity contribution in [2.24, 2.45) is 0 Å². The van der Waals surface area contributed by atoms with Gasteiger partial charge in [0.2, 0.25) is 0 Å². The number of hydrogen-bond acceptors (Lipinski definition) is 4. The minimum atomic E-state index is 0.982. The number of hydrogen-bond donors (Lipinski definition) is 0. The van der Waals surface area contributed by atoms with Crippen LogP contribution in [0.2, 0.25) is 0 Å². The van der Waals surface area contributed by atoms with Crippen molar-refractivity contribution in [3.05, 3.63) is 44.4 Å². The molecule has 0 N–H and O–H groups in total. The number of nitrogens with zero attached hydrogens (tertiary/aromatic N) is 2. The van der Waals surface area contributed by atoms with Crippen LogP contribution >= 0.6 is 54.5 Å². The summed E-state index contributed by atoms with van der Waals surface area (Å²) in [4.78, 5) is 10.9. The summed E-state index contributed by atoms with van der Waals surface area (Å²) < 4.78 is 2.22. The van der Waals surface area contributed by atoms with Crippen molar-refractivity contribution in [3.63, 3.8) is 0 Å². The summed E-state index contributed by atoms with van der Waals surface area (Å²) in [5, 5.41) is 0. The van der Waals surface area contributed by atoms with Gasteiger partial charge in [-0.2, -0.15) is 0 Å². The highest BCUT2D eigenvalue weighted by Gasteiger charge is 2.12. The molecule has 0 saturated heterocycles. The SMILES string of the molecule is Brc1ccc(-c2cncnc2-c2ccc(Br)s2)s1. The van der Waals surface area contributed by atoms with Crippen LogP contribution in [0, 0.1) is 0 Å². The predicted molar refractivity (Wildman–Crippen MR) is 84.1 cm³/mol. The number of rotatable bonds is 2. The van der Waals surface area contributed by atoms with Crippen molar-refractivity contribution in [2.75, 3.05) is 0 Å². The molecule has 0 bridgehead atoms. The molecule has 3 aromatic heterocycles. The summed E-state index contributed by atoms with van der Waals surface area (Å²) in [6.07, 6.45) is 3.46. The quantitative estimate of drug-likeness (QED) is 0.569. The first-order chi connectivity index (χ1) is 8.74. The predicted octanol–water partition coefficient (Wildman–Crippen LogP) is 5.46. The Balaban J connectivity index is 2.16. The van der Waals surface area contributed by atoms with Crippen LogP contribution < -0.4 is 0 Å². The minimum absolute atomic E-state index is 0.982. The fourth-order valence-electron chi connectivity index (χ4n) is 1.61. The van der Waals surface area contributed by atoms with Crippen LogP contribution in [0.4, 0.5) is 0 Å². The van der Waals surface area contributed by atoms with E-state index in [1.165, 1.54) is 4.88 Å². The van der Waals surface area contributed by atoms with E-state index in [4.69, 9.17) is 0 Å². The Hall–Kier alpha value is -0.560. The number of aromatic nitrogens is 2. The molecule has 0 amide bonds. The molecule has 0 aliphatic rings. The van der Waals surface area contributed by atoms with Gasteiger partial charge in [0.05, 0.1) is 18.1 Å². The second-order valence-electron chi connectivity index (χ2n) is 3.49. The molecule has 2 nitrogen and oxygen atoms in total. The first-order valence-electron chi connectivity index (χ1n) is 5.05. The van der Waals surface area contributed by atoms with Crippen molar-refractivity contribution >= 4 is 54.5 Å². The zero-order valence-electron chi connectivity index (χ0n) is 8.93. The van der Waals surface area contributed by atoms with Crippen LogP contribution in [0.25, 0.3) is 21.0 Å². The smallest absolute Gasteiger partial charge is 0.116 e. The van der Waals surface area contributed by atoms with Crippen LogP contribution in [0.15, 0.2) is 44.4 Å². The van der Waals surface area contributed by atoms with Crippen molar-refractivity contribution in [1.82, 2.24) is 9.97 Å². The van der Waals surface area contributed by atoms with E-state index in [2.05, 4.69) is 54.0 Å². The highest BCUT2D eigenvalue weighted by atomic mass is 79.9. The third-order valence-corrected chi connectivity index (χ3v) is 5.64. The second kappa shape index (κ2) is 5.21. The van der Waals surface area contributed by atoms with Gasteiger partial charge in [-0.25, -0.2) is 9.97 Å². The molecule has 6 heteroatoms. The van der Waals surface area contributed by atoms with Gasteiger partial charge in [-0.1, -0.05) is 0 Å². The standard InChI is InChI=1S/C12H6Br2N2S2/c13-10-3-1-8(17-10)7-5-15-6-16-12(7)9-2-4-11(14)18-9/h1-6H. The highest BCUT2D eigenvalue weighted by Crippen LogP contribution is 2.39. The first-order valence-corrected chi connectivity index (χ1v) is 8.27. The molecule has 0 aliphatic heterocycles. The lowest BCUT2D eigenvalue weighted by Gasteiger charge is -2.03. The lowest BCUT2D eigenvalue weighted by molar-refractivity contribution is 1.18. The molecule has 3 aromatic rings. The van der Waals surface area contributed by atoms with Gasteiger partial charge >= 0.3 is 0 Å². The van der Waals surface area contributed by atoms with Crippen molar-refractivity contribution in [2.45, 2.75) is 0 Å². The lowest BCUT2D eigenvalue weighted by atomic mass is 10.2. The molecule has 0 spiro atoms. The summed E-state index contributed by atoms with van der Waals surface area (Å²) in [7, 11) is 0. The van der Waals surface area contributed by atoms with Gasteiger partial charge in [-0.3, -0.25) is 0 Å². The molecular weight excluding hydrogens is 396 g/mol. The third kappa shape index (κ3) is 2.42. The highest BCUT2D eigenvalue weighted by molar-refractivity contribution is 9.11. The summed E-state index contributed by atoms with van der Waals surface area (Å²) in [6.45, 7) is 0. The topological polar surface area (TPSA) is 25.8 Å². The van der Waals surface area contributed by atoms with E-state index in [0.29, 0.717) is 0 Å². The molecule has 0 radical (unpaired) electrons. The Kier molecular flexibility index (Phi) is 3.61. The van der Waals surface area contributed by atoms with E-state index < -0.39 is 0 Å². The molecule has 0 aliphatic carbocycles. The van der Waals surface area contributed by atoms with E-state index in [9.17, 15) is 0 Å². The maximum Gasteiger partial charge on any atom is 0.116 e. The fourth-order valence-corrected chi connectivity index (χ4v) is 4.40. The van der Waals surface area contributed by atoms with Gasteiger partial charge in [0.25, 0.3) is 0 Å². The van der Waals surface area contributed by atoms with Gasteiger partial charge in [-0.05, 0) is 56.1 Å². The normalized spacial score (nSPS) is 10.8. The number of thiophene rings is 2. The molecule has 0 aromatic carbocycles. The van der Waals surface area contributed by atoms with Gasteiger partial charge in [0.1, 0.15) is 6.33 Å². The molecule has 90 valence electrons. The van der Waals surface area contributed by atoms with Gasteiger partial charge in [0.15, 0.2) is 0 Å². The third-order valence-electron chi connectivity index (χ3n) is 2.36. The van der Waals surface area contributed by atoms with Crippen LogP contribution in [-0.2, 0) is 0 Å². The van der Waals surface area contributed by atoms with Gasteiger partial charge in [0, 0.05) is 16.6 Å². The Morgan fingerprint density at radius 2 is 1.56 bits per heavy atom. The van der Waals surface area contributed by atoms with E-state index in [0.717, 1.165) is 23.7 Å². The molecule has 0 unspecified atom stereocenters. The van der Waals surface area contributed by atoms with Crippen LogP contribution in [0.3, 0.4) is 0 Å². The zero-order valence-corrected chi connectivity index (χ0v) is 13.7.